The molecule has 1 atom stereocenters. The van der Waals surface area contributed by atoms with Crippen LogP contribution in [-0.4, -0.2) is 31.1 Å². The summed E-state index contributed by atoms with van der Waals surface area (Å²) in [5.74, 6) is -0.541. The molecule has 0 saturated carbocycles. The summed E-state index contributed by atoms with van der Waals surface area (Å²) in [6.07, 6.45) is 0.941. The smallest absolute Gasteiger partial charge is 0.341 e. The van der Waals surface area contributed by atoms with Gasteiger partial charge in [-0.1, -0.05) is 18.2 Å². The molecule has 3 rings (SSSR count). The fourth-order valence-electron chi connectivity index (χ4n) is 2.97. The van der Waals surface area contributed by atoms with Gasteiger partial charge < -0.3 is 15.0 Å². The van der Waals surface area contributed by atoms with Crippen LogP contribution in [0.2, 0.25) is 0 Å². The number of rotatable bonds is 5. The van der Waals surface area contributed by atoms with Crippen molar-refractivity contribution in [3.63, 3.8) is 0 Å². The average molecular weight is 344 g/mol. The summed E-state index contributed by atoms with van der Waals surface area (Å²) >= 11 is 1.33. The number of carbonyl (C=O) groups excluding carboxylic acids is 2. The lowest BCUT2D eigenvalue weighted by Gasteiger charge is -2.24. The highest BCUT2D eigenvalue weighted by Crippen LogP contribution is 2.31. The summed E-state index contributed by atoms with van der Waals surface area (Å²) in [6, 6.07) is 10.1. The molecule has 2 heterocycles. The van der Waals surface area contributed by atoms with Crippen LogP contribution in [0.5, 0.6) is 0 Å². The van der Waals surface area contributed by atoms with Crippen LogP contribution >= 0.6 is 11.3 Å². The summed E-state index contributed by atoms with van der Waals surface area (Å²) in [6.45, 7) is 4.44. The molecule has 2 aromatic rings. The van der Waals surface area contributed by atoms with E-state index in [0.717, 1.165) is 12.1 Å². The molecular weight excluding hydrogens is 324 g/mol. The van der Waals surface area contributed by atoms with Gasteiger partial charge in [0.1, 0.15) is 5.00 Å². The summed E-state index contributed by atoms with van der Waals surface area (Å²) < 4.78 is 5.01. The summed E-state index contributed by atoms with van der Waals surface area (Å²) in [4.78, 5) is 26.4. The van der Waals surface area contributed by atoms with Crippen molar-refractivity contribution in [3.05, 3.63) is 46.8 Å². The van der Waals surface area contributed by atoms with Gasteiger partial charge in [-0.05, 0) is 43.3 Å². The Hall–Kier alpha value is -2.34. The predicted octanol–water partition coefficient (Wildman–Crippen LogP) is 3.31. The maximum absolute atomic E-state index is 12.5. The molecule has 1 aliphatic rings. The van der Waals surface area contributed by atoms with E-state index in [9.17, 15) is 9.59 Å². The van der Waals surface area contributed by atoms with Gasteiger partial charge in [-0.25, -0.2) is 4.79 Å². The zero-order chi connectivity index (χ0) is 17.1. The molecule has 0 aliphatic carbocycles. The number of hydrogen-bond donors (Lipinski definition) is 1. The number of nitrogens with one attached hydrogen (secondary N) is 1. The van der Waals surface area contributed by atoms with E-state index in [1.54, 1.807) is 18.4 Å². The summed E-state index contributed by atoms with van der Waals surface area (Å²) in [5.41, 5.74) is 2.78. The lowest BCUT2D eigenvalue weighted by Crippen LogP contribution is -2.37. The SMILES string of the molecule is CCOC(=O)c1ccsc1NC(=O)CN1c2ccccc2CC1C. The van der Waals surface area contributed by atoms with Crippen LogP contribution in [-0.2, 0) is 16.0 Å². The molecular formula is C18H20N2O3S. The third-order valence-corrected chi connectivity index (χ3v) is 4.91. The summed E-state index contributed by atoms with van der Waals surface area (Å²) in [7, 11) is 0. The highest BCUT2D eigenvalue weighted by molar-refractivity contribution is 7.14. The van der Waals surface area contributed by atoms with Crippen LogP contribution in [0.3, 0.4) is 0 Å². The van der Waals surface area contributed by atoms with Crippen molar-refractivity contribution in [3.8, 4) is 0 Å². The third-order valence-electron chi connectivity index (χ3n) is 4.08. The number of para-hydroxylation sites is 1. The standard InChI is InChI=1S/C18H20N2O3S/c1-3-23-18(22)14-8-9-24-17(14)19-16(21)11-20-12(2)10-13-6-4-5-7-15(13)20/h4-9,12H,3,10-11H2,1-2H3,(H,19,21). The number of anilines is 2. The molecule has 126 valence electrons. The number of benzene rings is 1. The molecule has 1 aliphatic heterocycles. The molecule has 6 heteroatoms. The first-order valence-electron chi connectivity index (χ1n) is 7.99. The Labute approximate surface area is 145 Å². The van der Waals surface area contributed by atoms with E-state index in [1.165, 1.54) is 16.9 Å². The maximum Gasteiger partial charge on any atom is 0.341 e. The Kier molecular flexibility index (Phi) is 4.85. The number of ether oxygens (including phenoxy) is 1. The van der Waals surface area contributed by atoms with Crippen molar-refractivity contribution in [2.45, 2.75) is 26.3 Å². The van der Waals surface area contributed by atoms with Crippen molar-refractivity contribution >= 4 is 33.9 Å². The number of thiophene rings is 1. The molecule has 1 aromatic carbocycles. The van der Waals surface area contributed by atoms with Crippen molar-refractivity contribution in [2.75, 3.05) is 23.4 Å². The highest BCUT2D eigenvalue weighted by atomic mass is 32.1. The minimum Gasteiger partial charge on any atom is -0.462 e. The molecule has 0 saturated heterocycles. The van der Waals surface area contributed by atoms with Gasteiger partial charge in [-0.15, -0.1) is 11.3 Å². The number of hydrogen-bond acceptors (Lipinski definition) is 5. The third kappa shape index (κ3) is 3.28. The van der Waals surface area contributed by atoms with Gasteiger partial charge in [0.2, 0.25) is 5.91 Å². The van der Waals surface area contributed by atoms with Gasteiger partial charge in [0.15, 0.2) is 0 Å². The van der Waals surface area contributed by atoms with Crippen LogP contribution in [0.25, 0.3) is 0 Å². The number of fused-ring (bicyclic) bond motifs is 1. The average Bonchev–Trinajstić information content (AvgIpc) is 3.13. The second-order valence-electron chi connectivity index (χ2n) is 5.74. The van der Waals surface area contributed by atoms with Gasteiger partial charge in [-0.2, -0.15) is 0 Å². The Balaban J connectivity index is 1.69. The summed E-state index contributed by atoms with van der Waals surface area (Å²) in [5, 5.41) is 5.16. The van der Waals surface area contributed by atoms with Crippen molar-refractivity contribution in [1.82, 2.24) is 0 Å². The Morgan fingerprint density at radius 1 is 1.33 bits per heavy atom. The first kappa shape index (κ1) is 16.5. The monoisotopic (exact) mass is 344 g/mol. The number of esters is 1. The first-order valence-corrected chi connectivity index (χ1v) is 8.87. The molecule has 24 heavy (non-hydrogen) atoms. The minimum absolute atomic E-state index is 0.133. The largest absolute Gasteiger partial charge is 0.462 e. The van der Waals surface area contributed by atoms with Crippen molar-refractivity contribution in [2.24, 2.45) is 0 Å². The zero-order valence-corrected chi connectivity index (χ0v) is 14.6. The van der Waals surface area contributed by atoms with Crippen LogP contribution in [0.4, 0.5) is 10.7 Å². The normalized spacial score (nSPS) is 15.9. The molecule has 0 bridgehead atoms. The minimum atomic E-state index is -0.408. The van der Waals surface area contributed by atoms with Gasteiger partial charge in [0, 0.05) is 11.7 Å². The molecule has 5 nitrogen and oxygen atoms in total. The van der Waals surface area contributed by atoms with Gasteiger partial charge in [0.05, 0.1) is 18.7 Å². The lowest BCUT2D eigenvalue weighted by atomic mass is 10.1. The van der Waals surface area contributed by atoms with Crippen LogP contribution in [0.15, 0.2) is 35.7 Å². The van der Waals surface area contributed by atoms with Crippen molar-refractivity contribution < 1.29 is 14.3 Å². The van der Waals surface area contributed by atoms with E-state index < -0.39 is 5.97 Å². The first-order chi connectivity index (χ1) is 11.6. The fraction of sp³-hybridized carbons (Fsp3) is 0.333. The van der Waals surface area contributed by atoms with E-state index in [0.29, 0.717) is 17.2 Å². The molecule has 1 unspecified atom stereocenters. The molecule has 1 N–H and O–H groups in total. The van der Waals surface area contributed by atoms with E-state index in [1.807, 2.05) is 18.2 Å². The highest BCUT2D eigenvalue weighted by Gasteiger charge is 2.27. The molecule has 0 spiro atoms. The Bertz CT molecular complexity index is 756. The molecule has 0 radical (unpaired) electrons. The zero-order valence-electron chi connectivity index (χ0n) is 13.7. The van der Waals surface area contributed by atoms with Gasteiger partial charge in [-0.3, -0.25) is 4.79 Å². The van der Waals surface area contributed by atoms with E-state index >= 15 is 0 Å². The maximum atomic E-state index is 12.5. The van der Waals surface area contributed by atoms with Crippen LogP contribution < -0.4 is 10.2 Å². The Morgan fingerprint density at radius 3 is 2.92 bits per heavy atom. The van der Waals surface area contributed by atoms with Gasteiger partial charge in [0.25, 0.3) is 0 Å². The van der Waals surface area contributed by atoms with Crippen LogP contribution in [0, 0.1) is 0 Å². The second-order valence-corrected chi connectivity index (χ2v) is 6.66. The number of nitrogens with zero attached hydrogens (tertiary/aromatic N) is 1. The van der Waals surface area contributed by atoms with Crippen molar-refractivity contribution in [1.29, 1.82) is 0 Å². The fourth-order valence-corrected chi connectivity index (χ4v) is 3.76. The van der Waals surface area contributed by atoms with E-state index in [-0.39, 0.29) is 18.5 Å². The molecule has 0 fully saturated rings. The second kappa shape index (κ2) is 7.05. The van der Waals surface area contributed by atoms with Crippen LogP contribution in [0.1, 0.15) is 29.8 Å². The van der Waals surface area contributed by atoms with E-state index in [2.05, 4.69) is 23.2 Å². The number of carbonyl (C=O) groups is 2. The lowest BCUT2D eigenvalue weighted by molar-refractivity contribution is -0.115. The topological polar surface area (TPSA) is 58.6 Å². The molecule has 1 amide bonds. The Morgan fingerprint density at radius 2 is 2.12 bits per heavy atom. The van der Waals surface area contributed by atoms with E-state index in [4.69, 9.17) is 4.74 Å². The van der Waals surface area contributed by atoms with Gasteiger partial charge >= 0.3 is 5.97 Å². The quantitative estimate of drug-likeness (QED) is 0.846. The number of amides is 1. The molecule has 1 aromatic heterocycles. The predicted molar refractivity (Wildman–Crippen MR) is 95.9 cm³/mol.